The predicted octanol–water partition coefficient (Wildman–Crippen LogP) is 2.10. The Kier molecular flexibility index (Phi) is 3.82. The molecule has 0 bridgehead atoms. The van der Waals surface area contributed by atoms with E-state index in [0.717, 1.165) is 0 Å². The minimum atomic E-state index is -0.896. The Labute approximate surface area is 90.2 Å². The molecule has 5 heteroatoms. The summed E-state index contributed by atoms with van der Waals surface area (Å²) in [4.78, 5) is 0. The molecule has 0 aromatic rings. The third-order valence-electron chi connectivity index (χ3n) is 1.71. The molecule has 13 heavy (non-hydrogen) atoms. The van der Waals surface area contributed by atoms with E-state index in [1.165, 1.54) is 11.8 Å². The maximum absolute atomic E-state index is 9.75. The second-order valence-electron chi connectivity index (χ2n) is 2.68. The molecule has 0 aromatic carbocycles. The quantitative estimate of drug-likeness (QED) is 0.467. The van der Waals surface area contributed by atoms with Crippen molar-refractivity contribution >= 4 is 33.6 Å². The van der Waals surface area contributed by atoms with Gasteiger partial charge in [-0.25, -0.2) is 0 Å². The van der Waals surface area contributed by atoms with Gasteiger partial charge in [0.2, 0.25) is 5.90 Å². The van der Waals surface area contributed by atoms with E-state index in [1.54, 1.807) is 6.92 Å². The molecule has 0 fully saturated rings. The van der Waals surface area contributed by atoms with E-state index in [-0.39, 0.29) is 5.90 Å². The van der Waals surface area contributed by atoms with E-state index in [2.05, 4.69) is 15.9 Å². The molecule has 3 nitrogen and oxygen atoms in total. The third-order valence-corrected chi connectivity index (χ3v) is 4.14. The van der Waals surface area contributed by atoms with E-state index in [9.17, 15) is 5.11 Å². The van der Waals surface area contributed by atoms with Crippen LogP contribution in [0.25, 0.3) is 0 Å². The molecule has 0 saturated heterocycles. The zero-order valence-corrected chi connectivity index (χ0v) is 9.69. The number of aliphatic hydroxyl groups is 1. The van der Waals surface area contributed by atoms with Crippen LogP contribution in [0.4, 0.5) is 0 Å². The summed E-state index contributed by atoms with van der Waals surface area (Å²) in [6.07, 6.45) is 1.77. The SMILES string of the molecule is CCOC(=N)C(O)C1(Br)CC=CS1. The molecular weight excluding hydrogens is 254 g/mol. The number of alkyl halides is 1. The van der Waals surface area contributed by atoms with Crippen LogP contribution < -0.4 is 0 Å². The fourth-order valence-corrected chi connectivity index (χ4v) is 2.59. The van der Waals surface area contributed by atoms with E-state index in [4.69, 9.17) is 10.1 Å². The fraction of sp³-hybridized carbons (Fsp3) is 0.625. The standard InChI is InChI=1S/C8H12BrNO2S/c1-2-12-7(10)6(11)8(9)4-3-5-13-8/h3,5-6,10-11H,2,4H2,1H3. The number of hydrogen-bond donors (Lipinski definition) is 2. The van der Waals surface area contributed by atoms with Crippen LogP contribution in [-0.2, 0) is 4.74 Å². The third kappa shape index (κ3) is 2.48. The van der Waals surface area contributed by atoms with Gasteiger partial charge >= 0.3 is 0 Å². The first-order valence-electron chi connectivity index (χ1n) is 4.01. The lowest BCUT2D eigenvalue weighted by Gasteiger charge is -2.26. The molecule has 0 aliphatic carbocycles. The Balaban J connectivity index is 2.55. The van der Waals surface area contributed by atoms with Crippen molar-refractivity contribution in [2.24, 2.45) is 0 Å². The minimum absolute atomic E-state index is 0.0735. The lowest BCUT2D eigenvalue weighted by molar-refractivity contribution is 0.180. The van der Waals surface area contributed by atoms with Crippen molar-refractivity contribution in [3.05, 3.63) is 11.5 Å². The molecule has 1 aliphatic heterocycles. The van der Waals surface area contributed by atoms with Gasteiger partial charge in [0.1, 0.15) is 3.66 Å². The van der Waals surface area contributed by atoms with Crippen LogP contribution >= 0.6 is 27.7 Å². The van der Waals surface area contributed by atoms with E-state index < -0.39 is 9.76 Å². The number of hydrogen-bond acceptors (Lipinski definition) is 4. The number of aliphatic hydroxyl groups excluding tert-OH is 1. The Bertz CT molecular complexity index is 224. The molecule has 2 unspecified atom stereocenters. The van der Waals surface area contributed by atoms with E-state index in [0.29, 0.717) is 13.0 Å². The molecule has 74 valence electrons. The Hall–Kier alpha value is -0.000000000000000111. The summed E-state index contributed by atoms with van der Waals surface area (Å²) in [5.41, 5.74) is 0. The van der Waals surface area contributed by atoms with Gasteiger partial charge in [0.05, 0.1) is 6.61 Å². The van der Waals surface area contributed by atoms with Gasteiger partial charge in [-0.3, -0.25) is 5.41 Å². The highest BCUT2D eigenvalue weighted by Crippen LogP contribution is 2.45. The zero-order valence-electron chi connectivity index (χ0n) is 7.29. The first-order chi connectivity index (χ1) is 6.10. The maximum Gasteiger partial charge on any atom is 0.212 e. The summed E-state index contributed by atoms with van der Waals surface area (Å²) < 4.78 is 4.44. The van der Waals surface area contributed by atoms with Gasteiger partial charge in [0.15, 0.2) is 6.10 Å². The minimum Gasteiger partial charge on any atom is -0.480 e. The average molecular weight is 266 g/mol. The van der Waals surface area contributed by atoms with Crippen molar-refractivity contribution in [3.63, 3.8) is 0 Å². The lowest BCUT2D eigenvalue weighted by Crippen LogP contribution is -2.38. The highest BCUT2D eigenvalue weighted by molar-refractivity contribution is 9.12. The van der Waals surface area contributed by atoms with Gasteiger partial charge in [-0.15, -0.1) is 11.8 Å². The molecule has 2 N–H and O–H groups in total. The van der Waals surface area contributed by atoms with Crippen molar-refractivity contribution in [3.8, 4) is 0 Å². The van der Waals surface area contributed by atoms with Crippen molar-refractivity contribution in [2.45, 2.75) is 23.1 Å². The monoisotopic (exact) mass is 265 g/mol. The van der Waals surface area contributed by atoms with E-state index in [1.807, 2.05) is 11.5 Å². The van der Waals surface area contributed by atoms with Crippen molar-refractivity contribution in [2.75, 3.05) is 6.61 Å². The average Bonchev–Trinajstić information content (AvgIpc) is 2.52. The summed E-state index contributed by atoms with van der Waals surface area (Å²) in [5.74, 6) is -0.0735. The van der Waals surface area contributed by atoms with Crippen LogP contribution in [0.2, 0.25) is 0 Å². The summed E-state index contributed by atoms with van der Waals surface area (Å²) in [6, 6.07) is 0. The van der Waals surface area contributed by atoms with Gasteiger partial charge in [-0.05, 0) is 18.8 Å². The van der Waals surface area contributed by atoms with Gasteiger partial charge < -0.3 is 9.84 Å². The number of ether oxygens (including phenoxy) is 1. The number of halogens is 1. The van der Waals surface area contributed by atoms with Gasteiger partial charge in [0, 0.05) is 0 Å². The second-order valence-corrected chi connectivity index (χ2v) is 5.86. The lowest BCUT2D eigenvalue weighted by atomic mass is 10.2. The molecule has 0 amide bonds. The number of rotatable bonds is 3. The molecule has 0 radical (unpaired) electrons. The second kappa shape index (κ2) is 4.48. The number of thioether (sulfide) groups is 1. The fourth-order valence-electron chi connectivity index (χ4n) is 1.02. The van der Waals surface area contributed by atoms with Crippen LogP contribution in [0.1, 0.15) is 13.3 Å². The van der Waals surface area contributed by atoms with Crippen LogP contribution in [0.5, 0.6) is 0 Å². The molecule has 0 aromatic heterocycles. The van der Waals surface area contributed by atoms with Crippen LogP contribution in [-0.4, -0.2) is 27.4 Å². The summed E-state index contributed by atoms with van der Waals surface area (Å²) in [7, 11) is 0. The highest BCUT2D eigenvalue weighted by atomic mass is 79.9. The Morgan fingerprint density at radius 1 is 1.92 bits per heavy atom. The molecule has 1 heterocycles. The van der Waals surface area contributed by atoms with Crippen molar-refractivity contribution < 1.29 is 9.84 Å². The maximum atomic E-state index is 9.75. The van der Waals surface area contributed by atoms with Gasteiger partial charge in [0.25, 0.3) is 0 Å². The van der Waals surface area contributed by atoms with Crippen LogP contribution in [0.15, 0.2) is 11.5 Å². The highest BCUT2D eigenvalue weighted by Gasteiger charge is 2.40. The topological polar surface area (TPSA) is 53.3 Å². The van der Waals surface area contributed by atoms with Gasteiger partial charge in [-0.2, -0.15) is 0 Å². The molecule has 1 rings (SSSR count). The predicted molar refractivity (Wildman–Crippen MR) is 58.4 cm³/mol. The summed E-state index contributed by atoms with van der Waals surface area (Å²) in [5, 5.41) is 19.1. The van der Waals surface area contributed by atoms with Crippen LogP contribution in [0, 0.1) is 5.41 Å². The van der Waals surface area contributed by atoms with Gasteiger partial charge in [-0.1, -0.05) is 22.0 Å². The van der Waals surface area contributed by atoms with Crippen molar-refractivity contribution in [1.82, 2.24) is 0 Å². The Morgan fingerprint density at radius 3 is 3.08 bits per heavy atom. The molecule has 1 aliphatic rings. The molecule has 0 spiro atoms. The molecule has 0 saturated carbocycles. The first-order valence-corrected chi connectivity index (χ1v) is 5.68. The number of nitrogens with one attached hydrogen (secondary N) is 1. The molecule has 2 atom stereocenters. The first kappa shape index (κ1) is 11.1. The van der Waals surface area contributed by atoms with Crippen molar-refractivity contribution in [1.29, 1.82) is 5.41 Å². The summed E-state index contributed by atoms with van der Waals surface area (Å²) >= 11 is 4.88. The van der Waals surface area contributed by atoms with Crippen LogP contribution in [0.3, 0.4) is 0 Å². The zero-order chi connectivity index (χ0) is 9.90. The molecular formula is C8H12BrNO2S. The normalized spacial score (nSPS) is 28.8. The summed E-state index contributed by atoms with van der Waals surface area (Å²) in [6.45, 7) is 2.21. The Morgan fingerprint density at radius 2 is 2.62 bits per heavy atom. The smallest absolute Gasteiger partial charge is 0.212 e. The van der Waals surface area contributed by atoms with E-state index >= 15 is 0 Å². The largest absolute Gasteiger partial charge is 0.480 e. The number of allylic oxidation sites excluding steroid dienone is 1.